The van der Waals surface area contributed by atoms with Crippen LogP contribution >= 0.6 is 0 Å². The molecule has 0 bridgehead atoms. The SMILES string of the molecule is COc1ccc(S(=O)(=O)N2CCCC2)cc1NC(=O)c1ccc(N(C)S(=O)(=O)N(C)C)cc1. The average molecular weight is 497 g/mol. The summed E-state index contributed by atoms with van der Waals surface area (Å²) in [5, 5.41) is 2.69. The Kier molecular flexibility index (Phi) is 7.32. The summed E-state index contributed by atoms with van der Waals surface area (Å²) in [6.45, 7) is 0.945. The number of nitrogens with one attached hydrogen (secondary N) is 1. The van der Waals surface area contributed by atoms with Crippen LogP contribution in [0.15, 0.2) is 47.4 Å². The second-order valence-corrected chi connectivity index (χ2v) is 11.8. The molecule has 0 atom stereocenters. The normalized spacial score (nSPS) is 14.9. The highest BCUT2D eigenvalue weighted by Gasteiger charge is 2.28. The van der Waals surface area contributed by atoms with Crippen molar-refractivity contribution >= 4 is 37.5 Å². The fourth-order valence-corrected chi connectivity index (χ4v) is 5.84. The lowest BCUT2D eigenvalue weighted by Crippen LogP contribution is -2.37. The van der Waals surface area contributed by atoms with Gasteiger partial charge in [0.2, 0.25) is 10.0 Å². The topological polar surface area (TPSA) is 116 Å². The highest BCUT2D eigenvalue weighted by molar-refractivity contribution is 7.90. The van der Waals surface area contributed by atoms with Crippen molar-refractivity contribution in [1.82, 2.24) is 8.61 Å². The van der Waals surface area contributed by atoms with Gasteiger partial charge in [-0.2, -0.15) is 17.0 Å². The fraction of sp³-hybridized carbons (Fsp3) is 0.381. The molecule has 2 aromatic carbocycles. The van der Waals surface area contributed by atoms with E-state index in [4.69, 9.17) is 4.74 Å². The van der Waals surface area contributed by atoms with Gasteiger partial charge < -0.3 is 10.1 Å². The molecule has 1 aliphatic rings. The Balaban J connectivity index is 1.83. The molecule has 1 N–H and O–H groups in total. The van der Waals surface area contributed by atoms with Gasteiger partial charge in [0.1, 0.15) is 5.75 Å². The van der Waals surface area contributed by atoms with Gasteiger partial charge in [0.25, 0.3) is 5.91 Å². The van der Waals surface area contributed by atoms with Gasteiger partial charge in [0, 0.05) is 39.8 Å². The van der Waals surface area contributed by atoms with Crippen LogP contribution in [0, 0.1) is 0 Å². The van der Waals surface area contributed by atoms with Crippen LogP contribution in [0.3, 0.4) is 0 Å². The molecule has 0 aliphatic carbocycles. The van der Waals surface area contributed by atoms with Crippen molar-refractivity contribution in [2.45, 2.75) is 17.7 Å². The summed E-state index contributed by atoms with van der Waals surface area (Å²) in [4.78, 5) is 12.9. The van der Waals surface area contributed by atoms with Gasteiger partial charge in [0.05, 0.1) is 23.4 Å². The van der Waals surface area contributed by atoms with Crippen molar-refractivity contribution in [2.24, 2.45) is 0 Å². The van der Waals surface area contributed by atoms with Crippen molar-refractivity contribution in [3.05, 3.63) is 48.0 Å². The van der Waals surface area contributed by atoms with E-state index >= 15 is 0 Å². The van der Waals surface area contributed by atoms with E-state index in [0.29, 0.717) is 24.5 Å². The summed E-state index contributed by atoms with van der Waals surface area (Å²) >= 11 is 0. The van der Waals surface area contributed by atoms with Crippen LogP contribution in [-0.2, 0) is 20.2 Å². The molecule has 1 amide bonds. The van der Waals surface area contributed by atoms with Gasteiger partial charge >= 0.3 is 10.2 Å². The summed E-state index contributed by atoms with van der Waals surface area (Å²) in [6.07, 6.45) is 1.64. The molecule has 12 heteroatoms. The predicted molar refractivity (Wildman–Crippen MR) is 126 cm³/mol. The van der Waals surface area contributed by atoms with Crippen LogP contribution in [0.25, 0.3) is 0 Å². The number of benzene rings is 2. The number of amides is 1. The fourth-order valence-electron chi connectivity index (χ4n) is 3.42. The van der Waals surface area contributed by atoms with E-state index < -0.39 is 26.1 Å². The highest BCUT2D eigenvalue weighted by Crippen LogP contribution is 2.30. The number of carbonyl (C=O) groups is 1. The Morgan fingerprint density at radius 3 is 2.12 bits per heavy atom. The molecule has 0 spiro atoms. The first kappa shape index (κ1) is 25.0. The summed E-state index contributed by atoms with van der Waals surface area (Å²) in [5.74, 6) is -0.175. The minimum absolute atomic E-state index is 0.0753. The summed E-state index contributed by atoms with van der Waals surface area (Å²) in [6, 6.07) is 10.4. The minimum Gasteiger partial charge on any atom is -0.495 e. The Labute approximate surface area is 195 Å². The maximum absolute atomic E-state index is 12.9. The zero-order valence-corrected chi connectivity index (χ0v) is 20.6. The van der Waals surface area contributed by atoms with E-state index in [0.717, 1.165) is 21.5 Å². The number of carbonyl (C=O) groups excluding carboxylic acids is 1. The smallest absolute Gasteiger partial charge is 0.303 e. The van der Waals surface area contributed by atoms with E-state index in [1.165, 1.54) is 75.0 Å². The van der Waals surface area contributed by atoms with Crippen LogP contribution < -0.4 is 14.4 Å². The number of nitrogens with zero attached hydrogens (tertiary/aromatic N) is 3. The van der Waals surface area contributed by atoms with E-state index in [2.05, 4.69) is 5.32 Å². The maximum atomic E-state index is 12.9. The zero-order chi connectivity index (χ0) is 24.4. The summed E-state index contributed by atoms with van der Waals surface area (Å²) in [5.41, 5.74) is 0.875. The maximum Gasteiger partial charge on any atom is 0.303 e. The molecule has 0 radical (unpaired) electrons. The van der Waals surface area contributed by atoms with Crippen LogP contribution in [0.2, 0.25) is 0 Å². The first-order chi connectivity index (χ1) is 15.5. The quantitative estimate of drug-likeness (QED) is 0.597. The number of hydrogen-bond acceptors (Lipinski definition) is 6. The summed E-state index contributed by atoms with van der Waals surface area (Å²) in [7, 11) is -1.62. The molecule has 0 unspecified atom stereocenters. The van der Waals surface area contributed by atoms with Crippen LogP contribution in [0.1, 0.15) is 23.2 Å². The first-order valence-electron chi connectivity index (χ1n) is 10.2. The van der Waals surface area contributed by atoms with Crippen LogP contribution in [0.5, 0.6) is 5.75 Å². The molecular formula is C21H28N4O6S2. The molecule has 180 valence electrons. The monoisotopic (exact) mass is 496 g/mol. The standard InChI is InChI=1S/C21H28N4O6S2/c1-23(2)33(29,30)24(3)17-9-7-16(8-10-17)21(26)22-19-15-18(11-12-20(19)31-4)32(27,28)25-13-5-6-14-25/h7-12,15H,5-6,13-14H2,1-4H3,(H,22,26). The molecule has 1 saturated heterocycles. The molecular weight excluding hydrogens is 468 g/mol. The third-order valence-corrected chi connectivity index (χ3v) is 9.14. The van der Waals surface area contributed by atoms with Gasteiger partial charge in [-0.3, -0.25) is 9.10 Å². The molecule has 33 heavy (non-hydrogen) atoms. The van der Waals surface area contributed by atoms with Gasteiger partial charge in [-0.25, -0.2) is 8.42 Å². The number of rotatable bonds is 8. The van der Waals surface area contributed by atoms with Crippen LogP contribution in [0.4, 0.5) is 11.4 Å². The van der Waals surface area contributed by atoms with Crippen molar-refractivity contribution < 1.29 is 26.4 Å². The molecule has 2 aromatic rings. The number of methoxy groups -OCH3 is 1. The van der Waals surface area contributed by atoms with Crippen molar-refractivity contribution in [3.8, 4) is 5.75 Å². The Morgan fingerprint density at radius 1 is 0.970 bits per heavy atom. The predicted octanol–water partition coefficient (Wildman–Crippen LogP) is 1.97. The van der Waals surface area contributed by atoms with Crippen molar-refractivity contribution in [3.63, 3.8) is 0 Å². The molecule has 0 aromatic heterocycles. The van der Waals surface area contributed by atoms with Gasteiger partial charge in [-0.05, 0) is 55.3 Å². The van der Waals surface area contributed by atoms with Gasteiger partial charge in [-0.1, -0.05) is 0 Å². The van der Waals surface area contributed by atoms with E-state index in [9.17, 15) is 21.6 Å². The number of anilines is 2. The lowest BCUT2D eigenvalue weighted by Gasteiger charge is -2.23. The molecule has 3 rings (SSSR count). The molecule has 1 aliphatic heterocycles. The lowest BCUT2D eigenvalue weighted by molar-refractivity contribution is 0.102. The largest absolute Gasteiger partial charge is 0.495 e. The average Bonchev–Trinajstić information content (AvgIpc) is 3.34. The molecule has 1 fully saturated rings. The van der Waals surface area contributed by atoms with Crippen molar-refractivity contribution in [2.75, 3.05) is 51.0 Å². The third kappa shape index (κ3) is 5.13. The minimum atomic E-state index is -3.66. The van der Waals surface area contributed by atoms with E-state index in [-0.39, 0.29) is 16.1 Å². The first-order valence-corrected chi connectivity index (χ1v) is 13.1. The third-order valence-electron chi connectivity index (χ3n) is 5.42. The zero-order valence-electron chi connectivity index (χ0n) is 19.0. The Bertz CT molecular complexity index is 1220. The Morgan fingerprint density at radius 2 is 1.58 bits per heavy atom. The molecule has 1 heterocycles. The van der Waals surface area contributed by atoms with Crippen molar-refractivity contribution in [1.29, 1.82) is 0 Å². The molecule has 0 saturated carbocycles. The second kappa shape index (κ2) is 9.67. The number of hydrogen-bond donors (Lipinski definition) is 1. The highest BCUT2D eigenvalue weighted by atomic mass is 32.2. The molecule has 10 nitrogen and oxygen atoms in total. The number of ether oxygens (including phenoxy) is 1. The van der Waals surface area contributed by atoms with E-state index in [1.807, 2.05) is 0 Å². The van der Waals surface area contributed by atoms with Gasteiger partial charge in [-0.15, -0.1) is 0 Å². The van der Waals surface area contributed by atoms with Gasteiger partial charge in [0.15, 0.2) is 0 Å². The van der Waals surface area contributed by atoms with E-state index in [1.54, 1.807) is 0 Å². The lowest BCUT2D eigenvalue weighted by atomic mass is 10.2. The van der Waals surface area contributed by atoms with Crippen LogP contribution in [-0.4, -0.2) is 72.7 Å². The number of sulfonamides is 1. The Hall–Kier alpha value is -2.67. The summed E-state index contributed by atoms with van der Waals surface area (Å²) < 4.78 is 59.2. The second-order valence-electron chi connectivity index (χ2n) is 7.73.